The van der Waals surface area contributed by atoms with E-state index < -0.39 is 0 Å². The fraction of sp³-hybridized carbons (Fsp3) is 0.636. The zero-order chi connectivity index (χ0) is 19.0. The van der Waals surface area contributed by atoms with Crippen molar-refractivity contribution in [2.24, 2.45) is 23.2 Å². The Morgan fingerprint density at radius 2 is 1.67 bits per heavy atom. The fourth-order valence-electron chi connectivity index (χ4n) is 6.13. The van der Waals surface area contributed by atoms with Crippen LogP contribution in [0.25, 0.3) is 0 Å². The van der Waals surface area contributed by atoms with Gasteiger partial charge in [0.2, 0.25) is 0 Å². The molecular formula is C22H28ClNO3. The Bertz CT molecular complexity index is 679. The fourth-order valence-corrected chi connectivity index (χ4v) is 6.25. The lowest BCUT2D eigenvalue weighted by Gasteiger charge is -2.56. The molecule has 4 aliphatic carbocycles. The van der Waals surface area contributed by atoms with Crippen molar-refractivity contribution in [2.75, 3.05) is 6.61 Å². The van der Waals surface area contributed by atoms with Crippen LogP contribution in [0.4, 0.5) is 0 Å². The number of nitrogens with one attached hydrogen (secondary N) is 1. The van der Waals surface area contributed by atoms with E-state index in [9.17, 15) is 9.59 Å². The van der Waals surface area contributed by atoms with Crippen LogP contribution in [0.2, 0.25) is 5.02 Å². The molecule has 1 N–H and O–H groups in total. The number of carbonyl (C=O) groups is 2. The second-order valence-electron chi connectivity index (χ2n) is 9.10. The summed E-state index contributed by atoms with van der Waals surface area (Å²) >= 11 is 5.89. The van der Waals surface area contributed by atoms with Crippen molar-refractivity contribution in [2.45, 2.75) is 57.9 Å². The predicted octanol–water partition coefficient (Wildman–Crippen LogP) is 4.67. The summed E-state index contributed by atoms with van der Waals surface area (Å²) in [5.74, 6) is 1.95. The third kappa shape index (κ3) is 4.31. The summed E-state index contributed by atoms with van der Waals surface area (Å²) in [4.78, 5) is 24.6. The Labute approximate surface area is 166 Å². The summed E-state index contributed by atoms with van der Waals surface area (Å²) in [6.07, 6.45) is 8.09. The van der Waals surface area contributed by atoms with E-state index >= 15 is 0 Å². The maximum absolute atomic E-state index is 12.4. The first-order valence-corrected chi connectivity index (χ1v) is 10.5. The molecule has 1 amide bonds. The summed E-state index contributed by atoms with van der Waals surface area (Å²) in [5.41, 5.74) is 1.12. The maximum Gasteiger partial charge on any atom is 0.306 e. The van der Waals surface area contributed by atoms with Crippen molar-refractivity contribution in [1.82, 2.24) is 5.32 Å². The molecule has 0 spiro atoms. The molecule has 0 radical (unpaired) electrons. The normalized spacial score (nSPS) is 32.1. The Balaban J connectivity index is 1.24. The summed E-state index contributed by atoms with van der Waals surface area (Å²) in [7, 11) is 0. The minimum absolute atomic E-state index is 0.152. The van der Waals surface area contributed by atoms with Gasteiger partial charge in [-0.25, -0.2) is 0 Å². The third-order valence-corrected chi connectivity index (χ3v) is 7.05. The molecule has 4 bridgehead atoms. The van der Waals surface area contributed by atoms with Gasteiger partial charge in [0, 0.05) is 5.02 Å². The number of halogens is 1. The van der Waals surface area contributed by atoms with E-state index in [2.05, 4.69) is 5.32 Å². The average molecular weight is 390 g/mol. The van der Waals surface area contributed by atoms with Crippen LogP contribution < -0.4 is 5.32 Å². The molecule has 1 aromatic carbocycles. The third-order valence-electron chi connectivity index (χ3n) is 6.80. The number of carbonyl (C=O) groups excluding carboxylic acids is 2. The first-order chi connectivity index (χ1) is 12.9. The number of ether oxygens (including phenoxy) is 1. The lowest BCUT2D eigenvalue weighted by atomic mass is 9.49. The smallest absolute Gasteiger partial charge is 0.306 e. The van der Waals surface area contributed by atoms with E-state index in [4.69, 9.17) is 16.3 Å². The summed E-state index contributed by atoms with van der Waals surface area (Å²) in [6, 6.07) is 7.20. The van der Waals surface area contributed by atoms with Crippen molar-refractivity contribution < 1.29 is 14.3 Å². The van der Waals surface area contributed by atoms with Gasteiger partial charge in [-0.05, 0) is 86.3 Å². The van der Waals surface area contributed by atoms with Crippen LogP contribution in [0.3, 0.4) is 0 Å². The van der Waals surface area contributed by atoms with E-state index in [0.717, 1.165) is 23.3 Å². The van der Waals surface area contributed by atoms with Gasteiger partial charge in [0.05, 0.1) is 12.5 Å². The number of rotatable bonds is 6. The lowest BCUT2D eigenvalue weighted by molar-refractivity contribution is -0.155. The van der Waals surface area contributed by atoms with Gasteiger partial charge in [0.25, 0.3) is 5.91 Å². The quantitative estimate of drug-likeness (QED) is 0.719. The highest BCUT2D eigenvalue weighted by atomic mass is 35.5. The van der Waals surface area contributed by atoms with Gasteiger partial charge in [-0.3, -0.25) is 9.59 Å². The molecule has 27 heavy (non-hydrogen) atoms. The van der Waals surface area contributed by atoms with Gasteiger partial charge in [-0.2, -0.15) is 0 Å². The van der Waals surface area contributed by atoms with Gasteiger partial charge in [0.15, 0.2) is 6.61 Å². The van der Waals surface area contributed by atoms with Gasteiger partial charge in [-0.1, -0.05) is 23.7 Å². The van der Waals surface area contributed by atoms with E-state index in [1.807, 2.05) is 19.1 Å². The molecule has 5 heteroatoms. The number of hydrogen-bond acceptors (Lipinski definition) is 3. The number of hydrogen-bond donors (Lipinski definition) is 1. The summed E-state index contributed by atoms with van der Waals surface area (Å²) < 4.78 is 5.33. The topological polar surface area (TPSA) is 55.4 Å². The number of esters is 1. The van der Waals surface area contributed by atoms with Crippen LogP contribution in [0.5, 0.6) is 0 Å². The van der Waals surface area contributed by atoms with Crippen LogP contribution in [0.15, 0.2) is 24.3 Å². The predicted molar refractivity (Wildman–Crippen MR) is 104 cm³/mol. The Morgan fingerprint density at radius 3 is 2.22 bits per heavy atom. The zero-order valence-electron chi connectivity index (χ0n) is 15.9. The minimum Gasteiger partial charge on any atom is -0.456 e. The molecule has 146 valence electrons. The highest BCUT2D eigenvalue weighted by molar-refractivity contribution is 6.30. The maximum atomic E-state index is 12.4. The molecule has 0 heterocycles. The highest BCUT2D eigenvalue weighted by Crippen LogP contribution is 2.61. The number of benzene rings is 1. The highest BCUT2D eigenvalue weighted by Gasteiger charge is 2.51. The van der Waals surface area contributed by atoms with Crippen LogP contribution >= 0.6 is 11.6 Å². The summed E-state index contributed by atoms with van der Waals surface area (Å²) in [6.45, 7) is 1.70. The zero-order valence-corrected chi connectivity index (χ0v) is 16.6. The Hall–Kier alpha value is -1.55. The first kappa shape index (κ1) is 18.8. The molecule has 4 fully saturated rings. The molecular weight excluding hydrogens is 362 g/mol. The number of amides is 1. The standard InChI is InChI=1S/C22H28ClNO3/c1-14(18-2-4-19(23)5-3-18)24-20(25)13-27-21(26)12-22-9-15-6-16(10-22)8-17(7-15)11-22/h2-5,14-17H,6-13H2,1H3,(H,24,25)/t14-,15?,16?,17?,22?/m1/s1. The average Bonchev–Trinajstić information content (AvgIpc) is 2.59. The van der Waals surface area contributed by atoms with Crippen molar-refractivity contribution in [1.29, 1.82) is 0 Å². The SMILES string of the molecule is C[C@@H](NC(=O)COC(=O)CC12CC3CC(CC(C3)C1)C2)c1ccc(Cl)cc1. The molecule has 0 saturated heterocycles. The van der Waals surface area contributed by atoms with Gasteiger partial charge >= 0.3 is 5.97 Å². The molecule has 1 atom stereocenters. The second-order valence-corrected chi connectivity index (χ2v) is 9.53. The molecule has 4 nitrogen and oxygen atoms in total. The first-order valence-electron chi connectivity index (χ1n) is 10.1. The lowest BCUT2D eigenvalue weighted by Crippen LogP contribution is -2.47. The molecule has 0 unspecified atom stereocenters. The van der Waals surface area contributed by atoms with Crippen LogP contribution in [0.1, 0.15) is 63.5 Å². The largest absolute Gasteiger partial charge is 0.456 e. The van der Waals surface area contributed by atoms with Crippen LogP contribution in [-0.2, 0) is 14.3 Å². The molecule has 5 rings (SSSR count). The Kier molecular flexibility index (Phi) is 5.19. The van der Waals surface area contributed by atoms with E-state index in [0.29, 0.717) is 11.4 Å². The molecule has 1 aromatic rings. The van der Waals surface area contributed by atoms with E-state index in [1.54, 1.807) is 12.1 Å². The van der Waals surface area contributed by atoms with Gasteiger partial charge in [-0.15, -0.1) is 0 Å². The molecule has 0 aliphatic heterocycles. The van der Waals surface area contributed by atoms with Crippen molar-refractivity contribution in [3.8, 4) is 0 Å². The monoisotopic (exact) mass is 389 g/mol. The molecule has 0 aromatic heterocycles. The van der Waals surface area contributed by atoms with Crippen LogP contribution in [0, 0.1) is 23.2 Å². The van der Waals surface area contributed by atoms with E-state index in [1.165, 1.54) is 38.5 Å². The van der Waals surface area contributed by atoms with Crippen molar-refractivity contribution >= 4 is 23.5 Å². The summed E-state index contributed by atoms with van der Waals surface area (Å²) in [5, 5.41) is 3.53. The van der Waals surface area contributed by atoms with E-state index in [-0.39, 0.29) is 29.9 Å². The second kappa shape index (κ2) is 7.46. The van der Waals surface area contributed by atoms with Gasteiger partial charge in [0.1, 0.15) is 0 Å². The molecule has 4 aliphatic rings. The van der Waals surface area contributed by atoms with Crippen molar-refractivity contribution in [3.63, 3.8) is 0 Å². The van der Waals surface area contributed by atoms with Gasteiger partial charge < -0.3 is 10.1 Å². The minimum atomic E-state index is -0.267. The molecule has 4 saturated carbocycles. The Morgan fingerprint density at radius 1 is 1.11 bits per heavy atom. The van der Waals surface area contributed by atoms with Crippen molar-refractivity contribution in [3.05, 3.63) is 34.9 Å². The van der Waals surface area contributed by atoms with Crippen LogP contribution in [-0.4, -0.2) is 18.5 Å².